The van der Waals surface area contributed by atoms with Gasteiger partial charge in [0.15, 0.2) is 0 Å². The summed E-state index contributed by atoms with van der Waals surface area (Å²) in [6.07, 6.45) is 2.28. The van der Waals surface area contributed by atoms with Crippen molar-refractivity contribution in [3.8, 4) is 0 Å². The summed E-state index contributed by atoms with van der Waals surface area (Å²) in [6.45, 7) is 10.4. The van der Waals surface area contributed by atoms with E-state index in [1.807, 2.05) is 4.90 Å². The van der Waals surface area contributed by atoms with Crippen LogP contribution in [0, 0.1) is 11.8 Å². The Balaban J connectivity index is 2.34. The summed E-state index contributed by atoms with van der Waals surface area (Å²) in [5, 5.41) is 3.05. The van der Waals surface area contributed by atoms with Gasteiger partial charge in [0.2, 0.25) is 0 Å². The number of urea groups is 1. The number of carbonyl (C=O) groups excluding carboxylic acids is 1. The fraction of sp³-hybridized carbons (Fsp3) is 0.917. The third-order valence-corrected chi connectivity index (χ3v) is 3.42. The van der Waals surface area contributed by atoms with Crippen LogP contribution < -0.4 is 5.32 Å². The lowest BCUT2D eigenvalue weighted by Gasteiger charge is -2.32. The second-order valence-electron chi connectivity index (χ2n) is 5.15. The number of carbonyl (C=O) groups is 1. The molecule has 1 N–H and O–H groups in total. The number of hydrogen-bond acceptors (Lipinski definition) is 1. The molecule has 1 aliphatic rings. The van der Waals surface area contributed by atoms with Crippen LogP contribution in [0.2, 0.25) is 0 Å². The number of hydrogen-bond donors (Lipinski definition) is 1. The van der Waals surface area contributed by atoms with E-state index in [2.05, 4.69) is 33.0 Å². The van der Waals surface area contributed by atoms with Gasteiger partial charge in [0.05, 0.1) is 0 Å². The van der Waals surface area contributed by atoms with Crippen molar-refractivity contribution in [3.63, 3.8) is 0 Å². The predicted molar refractivity (Wildman–Crippen MR) is 62.8 cm³/mol. The maximum atomic E-state index is 11.8. The van der Waals surface area contributed by atoms with Crippen LogP contribution in [-0.4, -0.2) is 30.1 Å². The maximum absolute atomic E-state index is 11.8. The van der Waals surface area contributed by atoms with E-state index in [0.29, 0.717) is 5.92 Å². The largest absolute Gasteiger partial charge is 0.335 e. The second kappa shape index (κ2) is 5.38. The maximum Gasteiger partial charge on any atom is 0.317 e. The molecule has 1 unspecified atom stereocenters. The summed E-state index contributed by atoms with van der Waals surface area (Å²) in [5.74, 6) is 1.27. The van der Waals surface area contributed by atoms with Gasteiger partial charge in [-0.2, -0.15) is 0 Å². The average molecular weight is 212 g/mol. The number of piperidine rings is 1. The SMILES string of the molecule is CC1CCN(C(=O)NC(C)C(C)C)CC1. The van der Waals surface area contributed by atoms with Crippen LogP contribution in [0.15, 0.2) is 0 Å². The molecule has 1 aliphatic heterocycles. The molecule has 1 rings (SSSR count). The normalized spacial score (nSPS) is 20.5. The number of amides is 2. The zero-order chi connectivity index (χ0) is 11.4. The van der Waals surface area contributed by atoms with Crippen molar-refractivity contribution in [1.82, 2.24) is 10.2 Å². The number of nitrogens with zero attached hydrogens (tertiary/aromatic N) is 1. The van der Waals surface area contributed by atoms with Gasteiger partial charge >= 0.3 is 6.03 Å². The molecule has 0 aromatic carbocycles. The molecule has 88 valence electrons. The monoisotopic (exact) mass is 212 g/mol. The lowest BCUT2D eigenvalue weighted by atomic mass is 9.99. The first-order chi connectivity index (χ1) is 7.00. The Morgan fingerprint density at radius 3 is 2.27 bits per heavy atom. The molecule has 15 heavy (non-hydrogen) atoms. The zero-order valence-corrected chi connectivity index (χ0v) is 10.4. The Hall–Kier alpha value is -0.730. The van der Waals surface area contributed by atoms with E-state index in [1.165, 1.54) is 0 Å². The minimum atomic E-state index is 0.114. The first-order valence-electron chi connectivity index (χ1n) is 6.06. The van der Waals surface area contributed by atoms with Gasteiger partial charge in [-0.3, -0.25) is 0 Å². The quantitative estimate of drug-likeness (QED) is 0.749. The lowest BCUT2D eigenvalue weighted by molar-refractivity contribution is 0.168. The van der Waals surface area contributed by atoms with Crippen LogP contribution in [0.3, 0.4) is 0 Å². The van der Waals surface area contributed by atoms with Crippen molar-refractivity contribution in [2.75, 3.05) is 13.1 Å². The summed E-state index contributed by atoms with van der Waals surface area (Å²) >= 11 is 0. The highest BCUT2D eigenvalue weighted by Crippen LogP contribution is 2.16. The molecule has 1 saturated heterocycles. The second-order valence-corrected chi connectivity index (χ2v) is 5.15. The molecule has 0 aromatic heterocycles. The standard InChI is InChI=1S/C12H24N2O/c1-9(2)11(4)13-12(15)14-7-5-10(3)6-8-14/h9-11H,5-8H2,1-4H3,(H,13,15). The van der Waals surface area contributed by atoms with Crippen LogP contribution in [0.4, 0.5) is 4.79 Å². The van der Waals surface area contributed by atoms with Crippen molar-refractivity contribution in [3.05, 3.63) is 0 Å². The van der Waals surface area contributed by atoms with Gasteiger partial charge in [-0.05, 0) is 31.6 Å². The molecular weight excluding hydrogens is 188 g/mol. The summed E-state index contributed by atoms with van der Waals surface area (Å²) < 4.78 is 0. The molecule has 2 amide bonds. The number of nitrogens with one attached hydrogen (secondary N) is 1. The molecule has 3 nitrogen and oxygen atoms in total. The van der Waals surface area contributed by atoms with Crippen molar-refractivity contribution in [2.45, 2.75) is 46.6 Å². The van der Waals surface area contributed by atoms with E-state index in [4.69, 9.17) is 0 Å². The molecule has 0 bridgehead atoms. The molecule has 0 aromatic rings. The van der Waals surface area contributed by atoms with Crippen molar-refractivity contribution < 1.29 is 4.79 Å². The van der Waals surface area contributed by atoms with Crippen LogP contribution in [0.25, 0.3) is 0 Å². The van der Waals surface area contributed by atoms with Crippen molar-refractivity contribution >= 4 is 6.03 Å². The summed E-state index contributed by atoms with van der Waals surface area (Å²) in [4.78, 5) is 13.8. The van der Waals surface area contributed by atoms with Gasteiger partial charge in [-0.1, -0.05) is 20.8 Å². The van der Waals surface area contributed by atoms with Gasteiger partial charge in [-0.25, -0.2) is 4.79 Å². The molecule has 3 heteroatoms. The van der Waals surface area contributed by atoms with Crippen LogP contribution >= 0.6 is 0 Å². The Labute approximate surface area is 93.2 Å². The molecule has 1 fully saturated rings. The molecule has 0 radical (unpaired) electrons. The topological polar surface area (TPSA) is 32.3 Å². The van der Waals surface area contributed by atoms with Crippen molar-refractivity contribution in [1.29, 1.82) is 0 Å². The summed E-state index contributed by atoms with van der Waals surface area (Å²) in [6, 6.07) is 0.375. The molecule has 1 atom stereocenters. The molecule has 1 heterocycles. The highest BCUT2D eigenvalue weighted by Gasteiger charge is 2.21. The molecule has 0 aliphatic carbocycles. The fourth-order valence-electron chi connectivity index (χ4n) is 1.66. The zero-order valence-electron chi connectivity index (χ0n) is 10.4. The van der Waals surface area contributed by atoms with Gasteiger partial charge in [0.1, 0.15) is 0 Å². The minimum absolute atomic E-state index is 0.114. The third-order valence-electron chi connectivity index (χ3n) is 3.42. The van der Waals surface area contributed by atoms with E-state index in [0.717, 1.165) is 31.8 Å². The first-order valence-corrected chi connectivity index (χ1v) is 6.06. The fourth-order valence-corrected chi connectivity index (χ4v) is 1.66. The van der Waals surface area contributed by atoms with E-state index in [9.17, 15) is 4.79 Å². The van der Waals surface area contributed by atoms with E-state index >= 15 is 0 Å². The van der Waals surface area contributed by atoms with Crippen LogP contribution in [0.5, 0.6) is 0 Å². The van der Waals surface area contributed by atoms with Crippen LogP contribution in [-0.2, 0) is 0 Å². The Kier molecular flexibility index (Phi) is 4.43. The highest BCUT2D eigenvalue weighted by atomic mass is 16.2. The lowest BCUT2D eigenvalue weighted by Crippen LogP contribution is -2.48. The Bertz CT molecular complexity index is 208. The van der Waals surface area contributed by atoms with E-state index < -0.39 is 0 Å². The molecule has 0 spiro atoms. The Morgan fingerprint density at radius 2 is 1.80 bits per heavy atom. The predicted octanol–water partition coefficient (Wildman–Crippen LogP) is 2.47. The van der Waals surface area contributed by atoms with Gasteiger partial charge < -0.3 is 10.2 Å². The first kappa shape index (κ1) is 12.3. The molecule has 0 saturated carbocycles. The third kappa shape index (κ3) is 3.73. The molecular formula is C12H24N2O. The minimum Gasteiger partial charge on any atom is -0.335 e. The average Bonchev–Trinajstić information content (AvgIpc) is 2.18. The summed E-state index contributed by atoms with van der Waals surface area (Å²) in [7, 11) is 0. The smallest absolute Gasteiger partial charge is 0.317 e. The summed E-state index contributed by atoms with van der Waals surface area (Å²) in [5.41, 5.74) is 0. The van der Waals surface area contributed by atoms with E-state index in [1.54, 1.807) is 0 Å². The highest BCUT2D eigenvalue weighted by molar-refractivity contribution is 5.74. The van der Waals surface area contributed by atoms with Crippen LogP contribution in [0.1, 0.15) is 40.5 Å². The van der Waals surface area contributed by atoms with Crippen molar-refractivity contribution in [2.24, 2.45) is 11.8 Å². The Morgan fingerprint density at radius 1 is 1.27 bits per heavy atom. The van der Waals surface area contributed by atoms with Gasteiger partial charge in [0, 0.05) is 19.1 Å². The van der Waals surface area contributed by atoms with Gasteiger partial charge in [-0.15, -0.1) is 0 Å². The number of rotatable bonds is 2. The van der Waals surface area contributed by atoms with Gasteiger partial charge in [0.25, 0.3) is 0 Å². The van der Waals surface area contributed by atoms with E-state index in [-0.39, 0.29) is 12.1 Å². The number of likely N-dealkylation sites (tertiary alicyclic amines) is 1.